The van der Waals surface area contributed by atoms with E-state index in [1.165, 1.54) is 6.07 Å². The summed E-state index contributed by atoms with van der Waals surface area (Å²) in [4.78, 5) is 8.14. The molecule has 1 aromatic heterocycles. The summed E-state index contributed by atoms with van der Waals surface area (Å²) in [5.74, 6) is 0.496. The number of guanidine groups is 1. The average molecular weight is 355 g/mol. The zero-order chi connectivity index (χ0) is 18.5. The second-order valence-corrected chi connectivity index (χ2v) is 5.87. The standard InChI is InChI=1S/C17H24F3N5/c1-4-7-12-10-16(5-2,22-6-3)25-15(23-12)24-13-8-9-14(21-11-13)17(18,19)20/h8-11,22H,4-7H2,1-3H3,(H2,23,24,25). The van der Waals surface area contributed by atoms with Crippen molar-refractivity contribution in [1.29, 1.82) is 0 Å². The Morgan fingerprint density at radius 1 is 1.20 bits per heavy atom. The smallest absolute Gasteiger partial charge is 0.330 e. The van der Waals surface area contributed by atoms with Gasteiger partial charge in [-0.15, -0.1) is 0 Å². The molecule has 0 saturated heterocycles. The van der Waals surface area contributed by atoms with Crippen molar-refractivity contribution in [2.24, 2.45) is 4.99 Å². The molecule has 1 atom stereocenters. The molecule has 5 nitrogen and oxygen atoms in total. The summed E-state index contributed by atoms with van der Waals surface area (Å²) in [5, 5.41) is 9.60. The first kappa shape index (κ1) is 19.2. The van der Waals surface area contributed by atoms with Crippen LogP contribution < -0.4 is 16.0 Å². The van der Waals surface area contributed by atoms with E-state index in [1.54, 1.807) is 0 Å². The van der Waals surface area contributed by atoms with Crippen LogP contribution in [0, 0.1) is 0 Å². The van der Waals surface area contributed by atoms with Gasteiger partial charge < -0.3 is 10.6 Å². The Hall–Kier alpha value is -2.09. The van der Waals surface area contributed by atoms with Crippen molar-refractivity contribution in [3.63, 3.8) is 0 Å². The highest BCUT2D eigenvalue weighted by atomic mass is 19.4. The molecule has 2 rings (SSSR count). The van der Waals surface area contributed by atoms with Crippen LogP contribution in [0.25, 0.3) is 0 Å². The third kappa shape index (κ3) is 4.94. The maximum Gasteiger partial charge on any atom is 0.433 e. The second-order valence-electron chi connectivity index (χ2n) is 5.87. The molecule has 0 aliphatic carbocycles. The summed E-state index contributed by atoms with van der Waals surface area (Å²) in [6.07, 6.45) is 1.38. The van der Waals surface area contributed by atoms with Gasteiger partial charge in [0, 0.05) is 5.70 Å². The third-order valence-electron chi connectivity index (χ3n) is 3.86. The molecule has 0 aromatic carbocycles. The van der Waals surface area contributed by atoms with Crippen LogP contribution >= 0.6 is 0 Å². The Balaban J connectivity index is 2.22. The summed E-state index contributed by atoms with van der Waals surface area (Å²) < 4.78 is 37.8. The van der Waals surface area contributed by atoms with Crippen molar-refractivity contribution in [2.45, 2.75) is 51.9 Å². The maximum absolute atomic E-state index is 12.6. The number of allylic oxidation sites excluding steroid dienone is 1. The predicted molar refractivity (Wildman–Crippen MR) is 93.1 cm³/mol. The van der Waals surface area contributed by atoms with Crippen molar-refractivity contribution < 1.29 is 13.2 Å². The fourth-order valence-electron chi connectivity index (χ4n) is 2.67. The van der Waals surface area contributed by atoms with Crippen LogP contribution in [-0.4, -0.2) is 23.2 Å². The van der Waals surface area contributed by atoms with Crippen molar-refractivity contribution in [3.05, 3.63) is 35.8 Å². The first-order valence-electron chi connectivity index (χ1n) is 8.45. The topological polar surface area (TPSA) is 61.3 Å². The molecule has 0 radical (unpaired) electrons. The van der Waals surface area contributed by atoms with E-state index in [9.17, 15) is 13.2 Å². The molecular formula is C17H24F3N5. The Kier molecular flexibility index (Phi) is 6.05. The highest BCUT2D eigenvalue weighted by Crippen LogP contribution is 2.28. The number of hydrogen-bond donors (Lipinski definition) is 3. The summed E-state index contributed by atoms with van der Waals surface area (Å²) in [7, 11) is 0. The molecule has 8 heteroatoms. The third-order valence-corrected chi connectivity index (χ3v) is 3.86. The highest BCUT2D eigenvalue weighted by molar-refractivity contribution is 5.95. The number of halogens is 3. The van der Waals surface area contributed by atoms with Gasteiger partial charge in [-0.2, -0.15) is 13.2 Å². The number of rotatable bonds is 6. The number of likely N-dealkylation sites (N-methyl/N-ethyl adjacent to an activating group) is 1. The molecule has 3 N–H and O–H groups in total. The molecule has 1 aliphatic rings. The van der Waals surface area contributed by atoms with Gasteiger partial charge in [0.15, 0.2) is 0 Å². The van der Waals surface area contributed by atoms with Crippen LogP contribution in [0.5, 0.6) is 0 Å². The molecule has 1 aliphatic heterocycles. The van der Waals surface area contributed by atoms with Crippen LogP contribution in [0.1, 0.15) is 45.7 Å². The number of nitrogens with zero attached hydrogens (tertiary/aromatic N) is 2. The number of alkyl halides is 3. The lowest BCUT2D eigenvalue weighted by molar-refractivity contribution is -0.141. The zero-order valence-electron chi connectivity index (χ0n) is 14.7. The van der Waals surface area contributed by atoms with E-state index in [0.29, 0.717) is 11.6 Å². The Bertz CT molecular complexity index is 637. The molecule has 1 unspecified atom stereocenters. The van der Waals surface area contributed by atoms with Gasteiger partial charge in [-0.25, -0.2) is 9.98 Å². The molecule has 1 aromatic rings. The fraction of sp³-hybridized carbons (Fsp3) is 0.529. The van der Waals surface area contributed by atoms with E-state index < -0.39 is 17.5 Å². The van der Waals surface area contributed by atoms with Crippen LogP contribution in [0.2, 0.25) is 0 Å². The van der Waals surface area contributed by atoms with Gasteiger partial charge >= 0.3 is 6.18 Å². The molecule has 0 spiro atoms. The Morgan fingerprint density at radius 2 is 1.96 bits per heavy atom. The zero-order valence-corrected chi connectivity index (χ0v) is 14.7. The first-order chi connectivity index (χ1) is 11.8. The van der Waals surface area contributed by atoms with E-state index in [4.69, 9.17) is 0 Å². The molecule has 0 amide bonds. The van der Waals surface area contributed by atoms with Crippen molar-refractivity contribution in [3.8, 4) is 0 Å². The molecule has 0 bridgehead atoms. The molecule has 0 fully saturated rings. The largest absolute Gasteiger partial charge is 0.433 e. The molecule has 25 heavy (non-hydrogen) atoms. The number of aromatic nitrogens is 1. The van der Waals surface area contributed by atoms with Gasteiger partial charge in [-0.1, -0.05) is 27.2 Å². The monoisotopic (exact) mass is 355 g/mol. The van der Waals surface area contributed by atoms with Gasteiger partial charge in [-0.05, 0) is 37.6 Å². The van der Waals surface area contributed by atoms with Gasteiger partial charge in [0.25, 0.3) is 0 Å². The SMILES string of the molecule is CCCC1=CC(CC)(NCC)N=C(Nc2ccc(C(F)(F)F)nc2)N1. The van der Waals surface area contributed by atoms with Crippen LogP contribution in [-0.2, 0) is 6.18 Å². The van der Waals surface area contributed by atoms with Crippen molar-refractivity contribution in [1.82, 2.24) is 15.6 Å². The van der Waals surface area contributed by atoms with E-state index in [-0.39, 0.29) is 0 Å². The minimum atomic E-state index is -4.45. The van der Waals surface area contributed by atoms with Gasteiger partial charge in [0.05, 0.1) is 11.9 Å². The number of anilines is 1. The van der Waals surface area contributed by atoms with Gasteiger partial charge in [0.1, 0.15) is 11.4 Å². The Labute approximate surface area is 145 Å². The van der Waals surface area contributed by atoms with Gasteiger partial charge in [0.2, 0.25) is 5.96 Å². The minimum absolute atomic E-state index is 0.443. The van der Waals surface area contributed by atoms with E-state index in [2.05, 4.69) is 38.9 Å². The number of nitrogens with one attached hydrogen (secondary N) is 3. The summed E-state index contributed by atoms with van der Waals surface area (Å²) in [6, 6.07) is 2.30. The lowest BCUT2D eigenvalue weighted by Crippen LogP contribution is -2.48. The number of aliphatic imine (C=N–C) groups is 1. The molecule has 138 valence electrons. The van der Waals surface area contributed by atoms with E-state index in [0.717, 1.165) is 43.8 Å². The summed E-state index contributed by atoms with van der Waals surface area (Å²) >= 11 is 0. The highest BCUT2D eigenvalue weighted by Gasteiger charge is 2.32. The van der Waals surface area contributed by atoms with Crippen LogP contribution in [0.15, 0.2) is 35.1 Å². The molecule has 2 heterocycles. The lowest BCUT2D eigenvalue weighted by atomic mass is 10.0. The number of hydrogen-bond acceptors (Lipinski definition) is 5. The average Bonchev–Trinajstić information content (AvgIpc) is 2.55. The number of pyridine rings is 1. The lowest BCUT2D eigenvalue weighted by Gasteiger charge is -2.33. The van der Waals surface area contributed by atoms with Gasteiger partial charge in [-0.3, -0.25) is 5.32 Å². The normalized spacial score (nSPS) is 20.6. The van der Waals surface area contributed by atoms with E-state index in [1.807, 2.05) is 13.8 Å². The maximum atomic E-state index is 12.6. The molecular weight excluding hydrogens is 331 g/mol. The summed E-state index contributed by atoms with van der Waals surface area (Å²) in [6.45, 7) is 6.88. The quantitative estimate of drug-likeness (QED) is 0.725. The Morgan fingerprint density at radius 3 is 2.48 bits per heavy atom. The van der Waals surface area contributed by atoms with Crippen LogP contribution in [0.3, 0.4) is 0 Å². The first-order valence-corrected chi connectivity index (χ1v) is 8.45. The predicted octanol–water partition coefficient (Wildman–Crippen LogP) is 3.87. The fourth-order valence-corrected chi connectivity index (χ4v) is 2.67. The minimum Gasteiger partial charge on any atom is -0.330 e. The van der Waals surface area contributed by atoms with E-state index >= 15 is 0 Å². The van der Waals surface area contributed by atoms with Crippen molar-refractivity contribution >= 4 is 11.6 Å². The molecule has 0 saturated carbocycles. The van der Waals surface area contributed by atoms with Crippen LogP contribution in [0.4, 0.5) is 18.9 Å². The second kappa shape index (κ2) is 7.86. The summed E-state index contributed by atoms with van der Waals surface area (Å²) in [5.41, 5.74) is 0.0338. The van der Waals surface area contributed by atoms with Crippen molar-refractivity contribution in [2.75, 3.05) is 11.9 Å².